The van der Waals surface area contributed by atoms with Gasteiger partial charge in [0.2, 0.25) is 5.91 Å². The lowest BCUT2D eigenvalue weighted by Gasteiger charge is -2.32. The number of alkyl halides is 3. The predicted octanol–water partition coefficient (Wildman–Crippen LogP) is 3.49. The van der Waals surface area contributed by atoms with Gasteiger partial charge in [-0.05, 0) is 37.0 Å². The highest BCUT2D eigenvalue weighted by Gasteiger charge is 2.33. The van der Waals surface area contributed by atoms with Crippen LogP contribution in [0.1, 0.15) is 40.7 Å². The van der Waals surface area contributed by atoms with Gasteiger partial charge in [0, 0.05) is 44.2 Å². The molecule has 28 heavy (non-hydrogen) atoms. The summed E-state index contributed by atoms with van der Waals surface area (Å²) in [4.78, 5) is 26.9. The van der Waals surface area contributed by atoms with E-state index in [9.17, 15) is 22.8 Å². The van der Waals surface area contributed by atoms with Gasteiger partial charge in [-0.25, -0.2) is 0 Å². The number of Topliss-reactive ketones (excluding diaryl/α,β-unsaturated/α-hetero) is 1. The lowest BCUT2D eigenvalue weighted by atomic mass is 9.89. The molecule has 1 aromatic carbocycles. The van der Waals surface area contributed by atoms with Crippen LogP contribution < -0.4 is 0 Å². The third-order valence-electron chi connectivity index (χ3n) is 5.01. The first kappa shape index (κ1) is 20.1. The number of hydrogen-bond donors (Lipinski definition) is 0. The Morgan fingerprint density at radius 2 is 2.07 bits per heavy atom. The first-order valence-corrected chi connectivity index (χ1v) is 9.21. The Kier molecular flexibility index (Phi) is 5.86. The fourth-order valence-corrected chi connectivity index (χ4v) is 3.51. The number of rotatable bonds is 5. The number of aryl methyl sites for hydroxylation is 2. The van der Waals surface area contributed by atoms with Crippen molar-refractivity contribution < 1.29 is 22.8 Å². The number of likely N-dealkylation sites (tertiary alicyclic amines) is 1. The summed E-state index contributed by atoms with van der Waals surface area (Å²) in [5, 5.41) is 4.07. The molecular formula is C20H22F3N3O2. The van der Waals surface area contributed by atoms with E-state index in [0.717, 1.165) is 17.7 Å². The van der Waals surface area contributed by atoms with Gasteiger partial charge in [0.15, 0.2) is 5.78 Å². The van der Waals surface area contributed by atoms with E-state index in [0.29, 0.717) is 32.2 Å². The molecule has 1 saturated heterocycles. The number of piperidine rings is 1. The fraction of sp³-hybridized carbons (Fsp3) is 0.450. The Bertz CT molecular complexity index is 860. The zero-order valence-electron chi connectivity index (χ0n) is 15.6. The summed E-state index contributed by atoms with van der Waals surface area (Å²) in [5.41, 5.74) is 0.174. The molecular weight excluding hydrogens is 371 g/mol. The Balaban J connectivity index is 1.62. The third kappa shape index (κ3) is 4.79. The molecule has 0 bridgehead atoms. The quantitative estimate of drug-likeness (QED) is 0.731. The predicted molar refractivity (Wildman–Crippen MR) is 96.6 cm³/mol. The van der Waals surface area contributed by atoms with Crippen LogP contribution in [0, 0.1) is 5.92 Å². The number of benzene rings is 1. The van der Waals surface area contributed by atoms with Gasteiger partial charge in [-0.3, -0.25) is 14.3 Å². The van der Waals surface area contributed by atoms with Crippen molar-refractivity contribution in [2.24, 2.45) is 13.0 Å². The van der Waals surface area contributed by atoms with Gasteiger partial charge >= 0.3 is 6.18 Å². The highest BCUT2D eigenvalue weighted by molar-refractivity contribution is 5.98. The van der Waals surface area contributed by atoms with Gasteiger partial charge in [-0.15, -0.1) is 0 Å². The molecule has 0 N–H and O–H groups in total. The average molecular weight is 393 g/mol. The van der Waals surface area contributed by atoms with E-state index in [4.69, 9.17) is 0 Å². The molecule has 1 aromatic heterocycles. The number of amides is 1. The van der Waals surface area contributed by atoms with E-state index < -0.39 is 17.7 Å². The number of ketones is 1. The third-order valence-corrected chi connectivity index (χ3v) is 5.01. The van der Waals surface area contributed by atoms with Gasteiger partial charge in [-0.1, -0.05) is 12.1 Å². The molecule has 1 aliphatic heterocycles. The van der Waals surface area contributed by atoms with Gasteiger partial charge in [0.05, 0.1) is 11.8 Å². The number of aromatic nitrogens is 2. The summed E-state index contributed by atoms with van der Waals surface area (Å²) in [7, 11) is 1.81. The highest BCUT2D eigenvalue weighted by Crippen LogP contribution is 2.30. The zero-order chi connectivity index (χ0) is 20.3. The Labute approximate surface area is 161 Å². The average Bonchev–Trinajstić information content (AvgIpc) is 3.10. The smallest absolute Gasteiger partial charge is 0.342 e. The minimum Gasteiger partial charge on any atom is -0.342 e. The number of hydrogen-bond acceptors (Lipinski definition) is 3. The van der Waals surface area contributed by atoms with Crippen LogP contribution in [0.5, 0.6) is 0 Å². The topological polar surface area (TPSA) is 55.2 Å². The maximum absolute atomic E-state index is 12.9. The summed E-state index contributed by atoms with van der Waals surface area (Å²) >= 11 is 0. The lowest BCUT2D eigenvalue weighted by Crippen LogP contribution is -2.42. The van der Waals surface area contributed by atoms with Crippen molar-refractivity contribution >= 4 is 11.7 Å². The molecule has 3 rings (SSSR count). The van der Waals surface area contributed by atoms with Crippen LogP contribution in [-0.4, -0.2) is 39.5 Å². The molecule has 0 aliphatic carbocycles. The number of carbonyl (C=O) groups is 2. The molecule has 1 fully saturated rings. The van der Waals surface area contributed by atoms with Crippen molar-refractivity contribution in [2.75, 3.05) is 13.1 Å². The SMILES string of the molecule is Cn1cc(CCC(=O)N2CCC[C@H](C(=O)c3cccc(C(F)(F)F)c3)C2)cn1. The molecule has 1 aliphatic rings. The molecule has 150 valence electrons. The minimum absolute atomic E-state index is 0.0458. The van der Waals surface area contributed by atoms with E-state index in [2.05, 4.69) is 5.10 Å². The number of nitrogens with zero attached hydrogens (tertiary/aromatic N) is 3. The van der Waals surface area contributed by atoms with E-state index in [-0.39, 0.29) is 23.8 Å². The second-order valence-corrected chi connectivity index (χ2v) is 7.14. The number of carbonyl (C=O) groups excluding carboxylic acids is 2. The largest absolute Gasteiger partial charge is 0.416 e. The molecule has 1 atom stereocenters. The molecule has 1 amide bonds. The summed E-state index contributed by atoms with van der Waals surface area (Å²) in [6.45, 7) is 0.819. The van der Waals surface area contributed by atoms with Crippen LogP contribution in [-0.2, 0) is 24.4 Å². The summed E-state index contributed by atoms with van der Waals surface area (Å²) in [6.07, 6.45) is 1.19. The minimum atomic E-state index is -4.49. The monoisotopic (exact) mass is 393 g/mol. The normalized spacial score (nSPS) is 17.6. The van der Waals surface area contributed by atoms with Crippen LogP contribution in [0.15, 0.2) is 36.7 Å². The van der Waals surface area contributed by atoms with Crippen LogP contribution in [0.2, 0.25) is 0 Å². The highest BCUT2D eigenvalue weighted by atomic mass is 19.4. The second-order valence-electron chi connectivity index (χ2n) is 7.14. The van der Waals surface area contributed by atoms with Gasteiger partial charge in [0.1, 0.15) is 0 Å². The molecule has 5 nitrogen and oxygen atoms in total. The first-order valence-electron chi connectivity index (χ1n) is 9.21. The van der Waals surface area contributed by atoms with Crippen molar-refractivity contribution in [1.82, 2.24) is 14.7 Å². The van der Waals surface area contributed by atoms with Crippen molar-refractivity contribution in [3.05, 3.63) is 53.3 Å². The van der Waals surface area contributed by atoms with E-state index in [1.807, 2.05) is 6.20 Å². The molecule has 0 radical (unpaired) electrons. The van der Waals surface area contributed by atoms with E-state index in [1.54, 1.807) is 22.8 Å². The van der Waals surface area contributed by atoms with E-state index in [1.165, 1.54) is 12.1 Å². The summed E-state index contributed by atoms with van der Waals surface area (Å²) in [6, 6.07) is 4.49. The zero-order valence-corrected chi connectivity index (χ0v) is 15.6. The molecule has 0 unspecified atom stereocenters. The van der Waals surface area contributed by atoms with Crippen LogP contribution in [0.25, 0.3) is 0 Å². The fourth-order valence-electron chi connectivity index (χ4n) is 3.51. The molecule has 2 aromatic rings. The Morgan fingerprint density at radius 1 is 1.29 bits per heavy atom. The molecule has 2 heterocycles. The first-order chi connectivity index (χ1) is 13.2. The van der Waals surface area contributed by atoms with Crippen molar-refractivity contribution in [3.63, 3.8) is 0 Å². The second kappa shape index (κ2) is 8.16. The molecule has 0 saturated carbocycles. The Hall–Kier alpha value is -2.64. The van der Waals surface area contributed by atoms with Crippen molar-refractivity contribution in [2.45, 2.75) is 31.9 Å². The maximum Gasteiger partial charge on any atom is 0.416 e. The Morgan fingerprint density at radius 3 is 2.75 bits per heavy atom. The standard InChI is InChI=1S/C20H22F3N3O2/c1-25-12-14(11-24-25)7-8-18(27)26-9-3-5-16(13-26)19(28)15-4-2-6-17(10-15)20(21,22)23/h2,4,6,10-12,16H,3,5,7-9,13H2,1H3/t16-/m0/s1. The number of halogens is 3. The van der Waals surface area contributed by atoms with Gasteiger partial charge in [-0.2, -0.15) is 18.3 Å². The van der Waals surface area contributed by atoms with Crippen molar-refractivity contribution in [1.29, 1.82) is 0 Å². The molecule has 8 heteroatoms. The van der Waals surface area contributed by atoms with Gasteiger partial charge in [0.25, 0.3) is 0 Å². The van der Waals surface area contributed by atoms with Crippen LogP contribution in [0.3, 0.4) is 0 Å². The molecule has 0 spiro atoms. The van der Waals surface area contributed by atoms with Crippen LogP contribution in [0.4, 0.5) is 13.2 Å². The van der Waals surface area contributed by atoms with Gasteiger partial charge < -0.3 is 4.90 Å². The summed E-state index contributed by atoms with van der Waals surface area (Å²) < 4.78 is 40.4. The van der Waals surface area contributed by atoms with E-state index >= 15 is 0 Å². The summed E-state index contributed by atoms with van der Waals surface area (Å²) in [5.74, 6) is -0.860. The maximum atomic E-state index is 12.9. The van der Waals surface area contributed by atoms with Crippen LogP contribution >= 0.6 is 0 Å². The van der Waals surface area contributed by atoms with Crippen molar-refractivity contribution in [3.8, 4) is 0 Å². The lowest BCUT2D eigenvalue weighted by molar-refractivity contribution is -0.137.